The summed E-state index contributed by atoms with van der Waals surface area (Å²) in [5, 5.41) is 16.4. The maximum absolute atomic E-state index is 9.88. The van der Waals surface area contributed by atoms with Crippen LogP contribution in [0.25, 0.3) is 33.4 Å². The molecule has 0 atom stereocenters. The van der Waals surface area contributed by atoms with Crippen molar-refractivity contribution in [3.05, 3.63) is 77.9 Å². The number of benzene rings is 3. The van der Waals surface area contributed by atoms with Crippen molar-refractivity contribution in [1.29, 1.82) is 0 Å². The standard InChI is InChI=1S/C21H17NO2/c1-14-6-8-16(9-7-14)21-19(13-23)20(22-24-21)18-11-10-15-4-2-3-5-17(15)12-18/h2-12,23H,13H2,1H3. The van der Waals surface area contributed by atoms with Crippen LogP contribution in [0.2, 0.25) is 0 Å². The Hall–Kier alpha value is -2.91. The largest absolute Gasteiger partial charge is 0.391 e. The molecule has 0 radical (unpaired) electrons. The van der Waals surface area contributed by atoms with Gasteiger partial charge >= 0.3 is 0 Å². The second kappa shape index (κ2) is 5.95. The van der Waals surface area contributed by atoms with Crippen LogP contribution >= 0.6 is 0 Å². The van der Waals surface area contributed by atoms with E-state index in [1.807, 2.05) is 49.4 Å². The predicted molar refractivity (Wildman–Crippen MR) is 95.5 cm³/mol. The lowest BCUT2D eigenvalue weighted by atomic mass is 10.00. The Morgan fingerprint density at radius 2 is 1.58 bits per heavy atom. The SMILES string of the molecule is Cc1ccc(-c2onc(-c3ccc4ccccc4c3)c2CO)cc1. The first-order chi connectivity index (χ1) is 11.8. The monoisotopic (exact) mass is 315 g/mol. The van der Waals surface area contributed by atoms with Gasteiger partial charge in [0, 0.05) is 11.1 Å². The molecule has 118 valence electrons. The Bertz CT molecular complexity index is 1000. The van der Waals surface area contributed by atoms with Gasteiger partial charge in [-0.25, -0.2) is 0 Å². The van der Waals surface area contributed by atoms with Gasteiger partial charge in [-0.15, -0.1) is 0 Å². The third-order valence-electron chi connectivity index (χ3n) is 4.28. The van der Waals surface area contributed by atoms with Crippen LogP contribution in [0.4, 0.5) is 0 Å². The Kier molecular flexibility index (Phi) is 3.63. The molecule has 0 unspecified atom stereocenters. The molecule has 0 spiro atoms. The first-order valence-corrected chi connectivity index (χ1v) is 7.92. The van der Waals surface area contributed by atoms with Crippen molar-refractivity contribution in [2.75, 3.05) is 0 Å². The minimum absolute atomic E-state index is 0.116. The molecule has 4 rings (SSSR count). The summed E-state index contributed by atoms with van der Waals surface area (Å²) in [5.74, 6) is 0.626. The van der Waals surface area contributed by atoms with Crippen molar-refractivity contribution in [3.63, 3.8) is 0 Å². The normalized spacial score (nSPS) is 11.1. The van der Waals surface area contributed by atoms with E-state index in [2.05, 4.69) is 29.4 Å². The summed E-state index contributed by atoms with van der Waals surface area (Å²) in [7, 11) is 0. The van der Waals surface area contributed by atoms with Gasteiger partial charge in [-0.2, -0.15) is 0 Å². The maximum atomic E-state index is 9.88. The van der Waals surface area contributed by atoms with E-state index in [0.29, 0.717) is 17.0 Å². The lowest BCUT2D eigenvalue weighted by Gasteiger charge is -2.04. The number of aromatic nitrogens is 1. The van der Waals surface area contributed by atoms with Gasteiger partial charge in [-0.3, -0.25) is 0 Å². The molecule has 0 saturated heterocycles. The third-order valence-corrected chi connectivity index (χ3v) is 4.28. The second-order valence-corrected chi connectivity index (χ2v) is 5.92. The molecule has 1 aromatic heterocycles. The van der Waals surface area contributed by atoms with Gasteiger partial charge in [0.2, 0.25) is 0 Å². The number of aryl methyl sites for hydroxylation is 1. The van der Waals surface area contributed by atoms with Crippen LogP contribution < -0.4 is 0 Å². The summed E-state index contributed by atoms with van der Waals surface area (Å²) < 4.78 is 5.57. The minimum Gasteiger partial charge on any atom is -0.391 e. The molecule has 4 aromatic rings. The molecular weight excluding hydrogens is 298 g/mol. The zero-order valence-electron chi connectivity index (χ0n) is 13.4. The average molecular weight is 315 g/mol. The van der Waals surface area contributed by atoms with Crippen LogP contribution in [0, 0.1) is 6.92 Å². The highest BCUT2D eigenvalue weighted by Crippen LogP contribution is 2.33. The summed E-state index contributed by atoms with van der Waals surface area (Å²) in [5.41, 5.74) is 4.45. The summed E-state index contributed by atoms with van der Waals surface area (Å²) in [6, 6.07) is 22.3. The lowest BCUT2D eigenvalue weighted by Crippen LogP contribution is -1.89. The minimum atomic E-state index is -0.116. The molecule has 24 heavy (non-hydrogen) atoms. The van der Waals surface area contributed by atoms with E-state index < -0.39 is 0 Å². The van der Waals surface area contributed by atoms with Gasteiger partial charge in [0.15, 0.2) is 5.76 Å². The quantitative estimate of drug-likeness (QED) is 0.581. The van der Waals surface area contributed by atoms with E-state index in [1.54, 1.807) is 0 Å². The fourth-order valence-electron chi connectivity index (χ4n) is 2.95. The number of aliphatic hydroxyl groups is 1. The number of aliphatic hydroxyl groups excluding tert-OH is 1. The van der Waals surface area contributed by atoms with Crippen LogP contribution in [0.15, 0.2) is 71.3 Å². The smallest absolute Gasteiger partial charge is 0.173 e. The van der Waals surface area contributed by atoms with Crippen molar-refractivity contribution in [3.8, 4) is 22.6 Å². The summed E-state index contributed by atoms with van der Waals surface area (Å²) >= 11 is 0. The van der Waals surface area contributed by atoms with Crippen LogP contribution in [-0.4, -0.2) is 10.3 Å². The fraction of sp³-hybridized carbons (Fsp3) is 0.0952. The first kappa shape index (κ1) is 14.7. The molecule has 3 heteroatoms. The Balaban J connectivity index is 1.84. The van der Waals surface area contributed by atoms with Gasteiger partial charge in [0.05, 0.1) is 12.2 Å². The third kappa shape index (κ3) is 2.49. The zero-order valence-corrected chi connectivity index (χ0v) is 13.4. The molecule has 0 bridgehead atoms. The van der Waals surface area contributed by atoms with E-state index in [9.17, 15) is 5.11 Å². The van der Waals surface area contributed by atoms with Crippen molar-refractivity contribution in [1.82, 2.24) is 5.16 Å². The molecule has 0 aliphatic heterocycles. The van der Waals surface area contributed by atoms with Crippen molar-refractivity contribution in [2.45, 2.75) is 13.5 Å². The Morgan fingerprint density at radius 3 is 2.33 bits per heavy atom. The van der Waals surface area contributed by atoms with Gasteiger partial charge in [0.25, 0.3) is 0 Å². The Labute approximate surface area is 140 Å². The molecule has 3 nitrogen and oxygen atoms in total. The molecule has 1 N–H and O–H groups in total. The predicted octanol–water partition coefficient (Wildman–Crippen LogP) is 4.96. The van der Waals surface area contributed by atoms with Crippen LogP contribution in [0.5, 0.6) is 0 Å². The van der Waals surface area contributed by atoms with Crippen LogP contribution in [-0.2, 0) is 6.61 Å². The van der Waals surface area contributed by atoms with E-state index in [1.165, 1.54) is 10.9 Å². The van der Waals surface area contributed by atoms with E-state index >= 15 is 0 Å². The number of hydrogen-bond acceptors (Lipinski definition) is 3. The number of nitrogens with zero attached hydrogens (tertiary/aromatic N) is 1. The molecule has 1 heterocycles. The van der Waals surface area contributed by atoms with Crippen molar-refractivity contribution >= 4 is 10.8 Å². The van der Waals surface area contributed by atoms with Gasteiger partial charge in [-0.1, -0.05) is 71.4 Å². The lowest BCUT2D eigenvalue weighted by molar-refractivity contribution is 0.281. The first-order valence-electron chi connectivity index (χ1n) is 7.92. The molecule has 0 aliphatic carbocycles. The van der Waals surface area contributed by atoms with Crippen LogP contribution in [0.3, 0.4) is 0 Å². The number of fused-ring (bicyclic) bond motifs is 1. The van der Waals surface area contributed by atoms with Crippen LogP contribution in [0.1, 0.15) is 11.1 Å². The van der Waals surface area contributed by atoms with E-state index in [-0.39, 0.29) is 6.61 Å². The van der Waals surface area contributed by atoms with Gasteiger partial charge < -0.3 is 9.63 Å². The number of hydrogen-bond donors (Lipinski definition) is 1. The highest BCUT2D eigenvalue weighted by atomic mass is 16.5. The van der Waals surface area contributed by atoms with E-state index in [4.69, 9.17) is 4.52 Å². The molecule has 0 saturated carbocycles. The maximum Gasteiger partial charge on any atom is 0.173 e. The van der Waals surface area contributed by atoms with Gasteiger partial charge in [0.1, 0.15) is 5.69 Å². The highest BCUT2D eigenvalue weighted by molar-refractivity contribution is 5.87. The molecular formula is C21H17NO2. The molecule has 0 amide bonds. The molecule has 0 aliphatic rings. The van der Waals surface area contributed by atoms with Crippen molar-refractivity contribution < 1.29 is 9.63 Å². The average Bonchev–Trinajstić information content (AvgIpc) is 3.06. The second-order valence-electron chi connectivity index (χ2n) is 5.92. The zero-order chi connectivity index (χ0) is 16.5. The van der Waals surface area contributed by atoms with Crippen molar-refractivity contribution in [2.24, 2.45) is 0 Å². The molecule has 3 aromatic carbocycles. The number of rotatable bonds is 3. The summed E-state index contributed by atoms with van der Waals surface area (Å²) in [6.45, 7) is 1.92. The highest BCUT2D eigenvalue weighted by Gasteiger charge is 2.18. The Morgan fingerprint density at radius 1 is 0.875 bits per heavy atom. The molecule has 0 fully saturated rings. The fourth-order valence-corrected chi connectivity index (χ4v) is 2.95. The van der Waals surface area contributed by atoms with Gasteiger partial charge in [-0.05, 0) is 23.8 Å². The van der Waals surface area contributed by atoms with E-state index in [0.717, 1.165) is 16.5 Å². The summed E-state index contributed by atoms with van der Waals surface area (Å²) in [4.78, 5) is 0. The topological polar surface area (TPSA) is 46.3 Å². The summed E-state index contributed by atoms with van der Waals surface area (Å²) in [6.07, 6.45) is 0.